The van der Waals surface area contributed by atoms with Crippen molar-refractivity contribution in [1.82, 2.24) is 4.90 Å². The largest absolute Gasteiger partial charge is 0.416 e. The zero-order valence-corrected chi connectivity index (χ0v) is 27.4. The highest BCUT2D eigenvalue weighted by Crippen LogP contribution is 2.50. The molecule has 0 aromatic heterocycles. The minimum atomic E-state index is -4.42. The molecule has 4 nitrogen and oxygen atoms in total. The van der Waals surface area contributed by atoms with Crippen LogP contribution < -0.4 is 9.80 Å². The Kier molecular flexibility index (Phi) is 9.49. The summed E-state index contributed by atoms with van der Waals surface area (Å²) in [5, 5.41) is 0. The van der Waals surface area contributed by atoms with Crippen LogP contribution in [0.3, 0.4) is 0 Å². The molecular formula is C35H45F6N4+. The zero-order valence-electron chi connectivity index (χ0n) is 27.4. The second-order valence-electron chi connectivity index (χ2n) is 13.6. The number of nitrogens with zero attached hydrogens (tertiary/aromatic N) is 4. The van der Waals surface area contributed by atoms with Crippen molar-refractivity contribution in [2.45, 2.75) is 76.2 Å². The van der Waals surface area contributed by atoms with E-state index in [-0.39, 0.29) is 6.04 Å². The van der Waals surface area contributed by atoms with E-state index in [9.17, 15) is 26.3 Å². The van der Waals surface area contributed by atoms with Gasteiger partial charge >= 0.3 is 12.4 Å². The van der Waals surface area contributed by atoms with Gasteiger partial charge in [0.25, 0.3) is 0 Å². The monoisotopic (exact) mass is 635 g/mol. The molecular weight excluding hydrogens is 590 g/mol. The number of halogens is 6. The Hall–Kier alpha value is -3.43. The van der Waals surface area contributed by atoms with Crippen molar-refractivity contribution in [1.29, 1.82) is 0 Å². The molecule has 4 rings (SSSR count). The first-order valence-corrected chi connectivity index (χ1v) is 15.3. The smallest absolute Gasteiger partial charge is 0.384 e. The lowest BCUT2D eigenvalue weighted by Gasteiger charge is -2.33. The van der Waals surface area contributed by atoms with Gasteiger partial charge in [-0.1, -0.05) is 27.7 Å². The number of unbranched alkanes of at least 4 members (excludes halogenated alkanes) is 2. The van der Waals surface area contributed by atoms with Crippen LogP contribution in [-0.4, -0.2) is 63.0 Å². The van der Waals surface area contributed by atoms with Crippen LogP contribution in [0, 0.1) is 0 Å². The number of alkyl halides is 6. The van der Waals surface area contributed by atoms with Gasteiger partial charge in [-0.15, -0.1) is 0 Å². The maximum Gasteiger partial charge on any atom is 0.416 e. The van der Waals surface area contributed by atoms with E-state index in [0.29, 0.717) is 24.2 Å². The molecule has 1 unspecified atom stereocenters. The molecule has 2 heterocycles. The van der Waals surface area contributed by atoms with Crippen molar-refractivity contribution in [3.63, 3.8) is 0 Å². The lowest BCUT2D eigenvalue weighted by molar-refractivity contribution is -0.458. The molecule has 0 radical (unpaired) electrons. The van der Waals surface area contributed by atoms with Crippen LogP contribution in [0.2, 0.25) is 0 Å². The van der Waals surface area contributed by atoms with Gasteiger partial charge in [-0.05, 0) is 79.1 Å². The SMILES string of the molecule is CN(C)/C=C/C1N(CCCCCN2C(=CC=[N+](C)C)C(C)(C)c3cc(C(F)(F)F)ccc32)c2ccc(C(F)(F)F)cc2C1(C)C. The third kappa shape index (κ3) is 7.04. The molecule has 1 atom stereocenters. The van der Waals surface area contributed by atoms with E-state index in [1.165, 1.54) is 12.1 Å². The Morgan fingerprint density at radius 1 is 0.800 bits per heavy atom. The topological polar surface area (TPSA) is 12.7 Å². The quantitative estimate of drug-likeness (QED) is 0.119. The number of fused-ring (bicyclic) bond motifs is 2. The summed E-state index contributed by atoms with van der Waals surface area (Å²) in [4.78, 5) is 6.26. The summed E-state index contributed by atoms with van der Waals surface area (Å²) in [6.07, 6.45) is 1.51. The van der Waals surface area contributed by atoms with E-state index >= 15 is 0 Å². The number of anilines is 2. The number of allylic oxidation sites excluding steroid dienone is 2. The third-order valence-electron chi connectivity index (χ3n) is 9.00. The Morgan fingerprint density at radius 2 is 1.36 bits per heavy atom. The first-order chi connectivity index (χ1) is 20.8. The summed E-state index contributed by atoms with van der Waals surface area (Å²) in [5.41, 5.74) is 1.44. The molecule has 0 saturated heterocycles. The Morgan fingerprint density at radius 3 is 1.91 bits per heavy atom. The van der Waals surface area contributed by atoms with Gasteiger partial charge in [0.05, 0.1) is 17.2 Å². The van der Waals surface area contributed by atoms with Gasteiger partial charge in [0.15, 0.2) is 6.21 Å². The van der Waals surface area contributed by atoms with Gasteiger partial charge in [0.1, 0.15) is 14.1 Å². The lowest BCUT2D eigenvalue weighted by Crippen LogP contribution is -2.40. The van der Waals surface area contributed by atoms with Crippen LogP contribution in [0.25, 0.3) is 0 Å². The molecule has 0 spiro atoms. The standard InChI is InChI=1S/C35H45F6N4/c1-32(2)26-22-24(34(36,37)38)12-14-28(26)44(30(32)16-20-42(5)6)18-10-9-11-19-45-29-15-13-25(35(39,40)41)23-27(29)33(3,4)31(45)17-21-43(7)8/h12-17,20-23,30H,9-11,18-19H2,1-8H3/q+1/b20-16+. The molecule has 0 aliphatic carbocycles. The van der Waals surface area contributed by atoms with Gasteiger partial charge < -0.3 is 14.7 Å². The fourth-order valence-corrected chi connectivity index (χ4v) is 6.58. The highest BCUT2D eigenvalue weighted by Gasteiger charge is 2.45. The van der Waals surface area contributed by atoms with Gasteiger partial charge in [-0.25, -0.2) is 4.58 Å². The molecule has 246 valence electrons. The van der Waals surface area contributed by atoms with Gasteiger partial charge in [0.2, 0.25) is 0 Å². The molecule has 2 aliphatic heterocycles. The average Bonchev–Trinajstić information content (AvgIpc) is 3.27. The van der Waals surface area contributed by atoms with Crippen LogP contribution in [0.1, 0.15) is 69.2 Å². The molecule has 45 heavy (non-hydrogen) atoms. The molecule has 2 aromatic carbocycles. The van der Waals surface area contributed by atoms with E-state index in [1.54, 1.807) is 12.1 Å². The van der Waals surface area contributed by atoms with Crippen LogP contribution in [-0.2, 0) is 23.2 Å². The number of hydrogen-bond acceptors (Lipinski definition) is 3. The summed E-state index contributed by atoms with van der Waals surface area (Å²) < 4.78 is 83.5. The number of rotatable bonds is 9. The van der Waals surface area contributed by atoms with E-state index in [1.807, 2.05) is 83.9 Å². The van der Waals surface area contributed by atoms with Crippen LogP contribution in [0.15, 0.2) is 60.4 Å². The number of benzene rings is 2. The molecule has 0 fully saturated rings. The number of hydrogen-bond donors (Lipinski definition) is 0. The van der Waals surface area contributed by atoms with E-state index in [2.05, 4.69) is 15.9 Å². The fraction of sp³-hybridized carbons (Fsp3) is 0.514. The summed E-state index contributed by atoms with van der Waals surface area (Å²) >= 11 is 0. The molecule has 0 bridgehead atoms. The second-order valence-corrected chi connectivity index (χ2v) is 13.6. The van der Waals surface area contributed by atoms with Crippen molar-refractivity contribution in [3.05, 3.63) is 82.7 Å². The van der Waals surface area contributed by atoms with E-state index < -0.39 is 34.3 Å². The minimum Gasteiger partial charge on any atom is -0.384 e. The Bertz CT molecular complexity index is 1480. The summed E-state index contributed by atoms with van der Waals surface area (Å²) in [5.74, 6) is 0. The van der Waals surface area contributed by atoms with Crippen LogP contribution in [0.4, 0.5) is 37.7 Å². The lowest BCUT2D eigenvalue weighted by atomic mass is 9.80. The summed E-state index contributed by atoms with van der Waals surface area (Å²) in [6, 6.07) is 7.94. The zero-order chi connectivity index (χ0) is 33.5. The molecule has 0 saturated carbocycles. The van der Waals surface area contributed by atoms with Crippen molar-refractivity contribution in [2.24, 2.45) is 0 Å². The van der Waals surface area contributed by atoms with Crippen molar-refractivity contribution in [2.75, 3.05) is 51.1 Å². The fourth-order valence-electron chi connectivity index (χ4n) is 6.58. The second kappa shape index (κ2) is 12.4. The minimum absolute atomic E-state index is 0.122. The van der Waals surface area contributed by atoms with Gasteiger partial charge in [-0.2, -0.15) is 26.3 Å². The highest BCUT2D eigenvalue weighted by molar-refractivity contribution is 5.78. The maximum absolute atomic E-state index is 13.6. The van der Waals surface area contributed by atoms with Crippen LogP contribution in [0.5, 0.6) is 0 Å². The Labute approximate surface area is 263 Å². The van der Waals surface area contributed by atoms with Crippen molar-refractivity contribution < 1.29 is 30.9 Å². The van der Waals surface area contributed by atoms with Crippen molar-refractivity contribution >= 4 is 17.6 Å². The van der Waals surface area contributed by atoms with Gasteiger partial charge in [-0.3, -0.25) is 0 Å². The predicted molar refractivity (Wildman–Crippen MR) is 170 cm³/mol. The molecule has 2 aromatic rings. The normalized spacial score (nSPS) is 19.8. The highest BCUT2D eigenvalue weighted by atomic mass is 19.4. The predicted octanol–water partition coefficient (Wildman–Crippen LogP) is 8.46. The molecule has 2 aliphatic rings. The van der Waals surface area contributed by atoms with Crippen LogP contribution >= 0.6 is 0 Å². The summed E-state index contributed by atoms with van der Waals surface area (Å²) in [6.45, 7) is 9.20. The maximum atomic E-state index is 13.6. The third-order valence-corrected chi connectivity index (χ3v) is 9.00. The van der Waals surface area contributed by atoms with E-state index in [0.717, 1.165) is 48.5 Å². The van der Waals surface area contributed by atoms with E-state index in [4.69, 9.17) is 0 Å². The van der Waals surface area contributed by atoms with Crippen molar-refractivity contribution in [3.8, 4) is 0 Å². The summed E-state index contributed by atoms with van der Waals surface area (Å²) in [7, 11) is 7.64. The average molecular weight is 636 g/mol. The first kappa shape index (κ1) is 34.4. The molecule has 0 N–H and O–H groups in total. The molecule has 0 amide bonds. The Balaban J connectivity index is 1.54. The van der Waals surface area contributed by atoms with Gasteiger partial charge in [0, 0.05) is 61.2 Å². The molecule has 10 heteroatoms. The first-order valence-electron chi connectivity index (χ1n) is 15.3.